The third-order valence-electron chi connectivity index (χ3n) is 3.28. The molecule has 2 aromatic heterocycles. The fourth-order valence-electron chi connectivity index (χ4n) is 2.11. The molecule has 0 radical (unpaired) electrons. The molecule has 3 aromatic rings. The van der Waals surface area contributed by atoms with Crippen LogP contribution in [0.2, 0.25) is 5.02 Å². The molecule has 1 aromatic carbocycles. The van der Waals surface area contributed by atoms with Crippen LogP contribution in [-0.2, 0) is 6.54 Å². The van der Waals surface area contributed by atoms with E-state index in [1.54, 1.807) is 6.07 Å². The van der Waals surface area contributed by atoms with Crippen LogP contribution in [0.3, 0.4) is 0 Å². The van der Waals surface area contributed by atoms with Gasteiger partial charge in [0.15, 0.2) is 4.83 Å². The molecular weight excluding hydrogens is 294 g/mol. The van der Waals surface area contributed by atoms with Crippen LogP contribution in [-0.4, -0.2) is 15.0 Å². The van der Waals surface area contributed by atoms with Gasteiger partial charge in [0.25, 0.3) is 5.56 Å². The first-order chi connectivity index (χ1) is 9.56. The Labute approximate surface area is 124 Å². The normalized spacial score (nSPS) is 11.2. The Bertz CT molecular complexity index is 853. The predicted molar refractivity (Wildman–Crippen MR) is 81.7 cm³/mol. The van der Waals surface area contributed by atoms with Crippen LogP contribution in [0.5, 0.6) is 0 Å². The van der Waals surface area contributed by atoms with Crippen LogP contribution >= 0.6 is 22.9 Å². The summed E-state index contributed by atoms with van der Waals surface area (Å²) in [4.78, 5) is 14.3. The van der Waals surface area contributed by atoms with Gasteiger partial charge >= 0.3 is 0 Å². The summed E-state index contributed by atoms with van der Waals surface area (Å²) >= 11 is 7.46. The Morgan fingerprint density at radius 3 is 2.90 bits per heavy atom. The van der Waals surface area contributed by atoms with Crippen molar-refractivity contribution in [2.45, 2.75) is 20.4 Å². The molecule has 3 rings (SSSR count). The first kappa shape index (κ1) is 13.3. The molecule has 0 aliphatic carbocycles. The molecule has 2 heterocycles. The number of fused-ring (bicyclic) bond motifs is 1. The number of aryl methyl sites for hydroxylation is 2. The summed E-state index contributed by atoms with van der Waals surface area (Å²) in [5.74, 6) is 0. The average Bonchev–Trinajstić information content (AvgIpc) is 2.69. The molecule has 0 bridgehead atoms. The Kier molecular flexibility index (Phi) is 3.31. The van der Waals surface area contributed by atoms with Gasteiger partial charge in [0.1, 0.15) is 0 Å². The molecule has 102 valence electrons. The zero-order chi connectivity index (χ0) is 14.3. The van der Waals surface area contributed by atoms with E-state index in [9.17, 15) is 4.79 Å². The van der Waals surface area contributed by atoms with Crippen molar-refractivity contribution in [1.29, 1.82) is 0 Å². The number of rotatable bonds is 2. The molecule has 6 heteroatoms. The van der Waals surface area contributed by atoms with Gasteiger partial charge < -0.3 is 0 Å². The Morgan fingerprint density at radius 1 is 1.35 bits per heavy atom. The summed E-state index contributed by atoms with van der Waals surface area (Å²) in [7, 11) is 0. The summed E-state index contributed by atoms with van der Waals surface area (Å²) in [6.07, 6.45) is 0. The van der Waals surface area contributed by atoms with Crippen molar-refractivity contribution in [3.8, 4) is 0 Å². The van der Waals surface area contributed by atoms with Gasteiger partial charge in [0.05, 0.1) is 11.9 Å². The molecule has 0 fully saturated rings. The quantitative estimate of drug-likeness (QED) is 0.730. The maximum Gasteiger partial charge on any atom is 0.279 e. The molecule has 0 aliphatic heterocycles. The minimum absolute atomic E-state index is 0.100. The Balaban J connectivity index is 2.11. The van der Waals surface area contributed by atoms with Gasteiger partial charge in [-0.2, -0.15) is 0 Å². The molecule has 0 aliphatic rings. The van der Waals surface area contributed by atoms with Crippen molar-refractivity contribution in [2.24, 2.45) is 0 Å². The van der Waals surface area contributed by atoms with Gasteiger partial charge in [-0.25, -0.2) is 4.68 Å². The van der Waals surface area contributed by atoms with Crippen LogP contribution in [0.4, 0.5) is 0 Å². The fourth-order valence-corrected chi connectivity index (χ4v) is 3.29. The second-order valence-corrected chi connectivity index (χ2v) is 6.29. The molecule has 0 atom stereocenters. The van der Waals surface area contributed by atoms with E-state index in [-0.39, 0.29) is 5.56 Å². The van der Waals surface area contributed by atoms with Crippen molar-refractivity contribution >= 4 is 33.2 Å². The molecule has 0 amide bonds. The summed E-state index contributed by atoms with van der Waals surface area (Å²) < 4.78 is 1.38. The van der Waals surface area contributed by atoms with Crippen LogP contribution in [0.1, 0.15) is 16.0 Å². The fraction of sp³-hybridized carbons (Fsp3) is 0.214. The van der Waals surface area contributed by atoms with Gasteiger partial charge in [-0.05, 0) is 37.1 Å². The molecule has 0 N–H and O–H groups in total. The van der Waals surface area contributed by atoms with E-state index in [0.29, 0.717) is 21.8 Å². The topological polar surface area (TPSA) is 47.8 Å². The van der Waals surface area contributed by atoms with E-state index < -0.39 is 0 Å². The third-order valence-corrected chi connectivity index (χ3v) is 4.61. The lowest BCUT2D eigenvalue weighted by Gasteiger charge is -2.04. The van der Waals surface area contributed by atoms with Gasteiger partial charge in [-0.1, -0.05) is 28.9 Å². The number of benzene rings is 1. The first-order valence-electron chi connectivity index (χ1n) is 6.14. The molecule has 0 spiro atoms. The van der Waals surface area contributed by atoms with Crippen molar-refractivity contribution in [3.05, 3.63) is 55.6 Å². The summed E-state index contributed by atoms with van der Waals surface area (Å²) in [6.45, 7) is 4.31. The number of nitrogens with zero attached hydrogens (tertiary/aromatic N) is 3. The van der Waals surface area contributed by atoms with Crippen LogP contribution in [0.25, 0.3) is 10.2 Å². The minimum atomic E-state index is -0.100. The number of aromatic nitrogens is 3. The zero-order valence-corrected chi connectivity index (χ0v) is 12.6. The second-order valence-electron chi connectivity index (χ2n) is 4.65. The molecule has 0 unspecified atom stereocenters. The molecule has 4 nitrogen and oxygen atoms in total. The van der Waals surface area contributed by atoms with Crippen molar-refractivity contribution in [2.75, 3.05) is 0 Å². The number of hydrogen-bond donors (Lipinski definition) is 0. The van der Waals surface area contributed by atoms with Crippen molar-refractivity contribution in [1.82, 2.24) is 15.0 Å². The van der Waals surface area contributed by atoms with Crippen LogP contribution in [0, 0.1) is 13.8 Å². The molecule has 0 saturated carbocycles. The van der Waals surface area contributed by atoms with Crippen molar-refractivity contribution < 1.29 is 0 Å². The minimum Gasteiger partial charge on any atom is -0.267 e. The Hall–Kier alpha value is -1.72. The number of thiophene rings is 1. The smallest absolute Gasteiger partial charge is 0.267 e. The third kappa shape index (κ3) is 2.23. The van der Waals surface area contributed by atoms with Crippen molar-refractivity contribution in [3.63, 3.8) is 0 Å². The maximum atomic E-state index is 12.5. The highest BCUT2D eigenvalue weighted by Gasteiger charge is 2.13. The summed E-state index contributed by atoms with van der Waals surface area (Å²) in [6, 6.07) is 7.39. The van der Waals surface area contributed by atoms with Crippen LogP contribution < -0.4 is 5.56 Å². The van der Waals surface area contributed by atoms with Gasteiger partial charge in [-0.15, -0.1) is 16.4 Å². The van der Waals surface area contributed by atoms with Gasteiger partial charge in [-0.3, -0.25) is 4.79 Å². The van der Waals surface area contributed by atoms with E-state index in [4.69, 9.17) is 11.6 Å². The largest absolute Gasteiger partial charge is 0.279 e. The lowest BCUT2D eigenvalue weighted by Crippen LogP contribution is -2.24. The molecule has 20 heavy (non-hydrogen) atoms. The van der Waals surface area contributed by atoms with Gasteiger partial charge in [0, 0.05) is 9.90 Å². The molecule has 0 saturated heterocycles. The standard InChI is InChI=1S/C14H12ClN3OS/c1-8-9(2)20-13-12(8)14(19)18(17-16-13)7-10-4-3-5-11(15)6-10/h3-6H,7H2,1-2H3. The first-order valence-corrected chi connectivity index (χ1v) is 7.33. The highest BCUT2D eigenvalue weighted by molar-refractivity contribution is 7.18. The number of halogens is 1. The Morgan fingerprint density at radius 2 is 2.15 bits per heavy atom. The van der Waals surface area contributed by atoms with Crippen LogP contribution in [0.15, 0.2) is 29.1 Å². The second kappa shape index (κ2) is 5.00. The lowest BCUT2D eigenvalue weighted by molar-refractivity contribution is 0.602. The predicted octanol–water partition coefficient (Wildman–Crippen LogP) is 3.17. The zero-order valence-electron chi connectivity index (χ0n) is 11.1. The average molecular weight is 306 g/mol. The lowest BCUT2D eigenvalue weighted by atomic mass is 10.2. The summed E-state index contributed by atoms with van der Waals surface area (Å²) in [5, 5.41) is 9.46. The summed E-state index contributed by atoms with van der Waals surface area (Å²) in [5.41, 5.74) is 1.82. The van der Waals surface area contributed by atoms with E-state index in [0.717, 1.165) is 16.0 Å². The number of hydrogen-bond acceptors (Lipinski definition) is 4. The van der Waals surface area contributed by atoms with E-state index in [1.807, 2.05) is 32.0 Å². The maximum absolute atomic E-state index is 12.5. The monoisotopic (exact) mass is 305 g/mol. The highest BCUT2D eigenvalue weighted by Crippen LogP contribution is 2.25. The highest BCUT2D eigenvalue weighted by atomic mass is 35.5. The van der Waals surface area contributed by atoms with Gasteiger partial charge in [0.2, 0.25) is 0 Å². The SMILES string of the molecule is Cc1sc2nnn(Cc3cccc(Cl)c3)c(=O)c2c1C. The molecular formula is C14H12ClN3OS. The van der Waals surface area contributed by atoms with E-state index >= 15 is 0 Å². The van der Waals surface area contributed by atoms with E-state index in [2.05, 4.69) is 10.3 Å². The van der Waals surface area contributed by atoms with E-state index in [1.165, 1.54) is 16.0 Å².